The number of aliphatic imine (C=N–C) groups is 1. The SMILES string of the molecule is COc1ccc2c(c1)cc1n2CCN=C1NN.Cl. The van der Waals surface area contributed by atoms with E-state index in [9.17, 15) is 0 Å². The fourth-order valence-electron chi connectivity index (χ4n) is 2.28. The quantitative estimate of drug-likeness (QED) is 0.604. The maximum Gasteiger partial charge on any atom is 0.159 e. The first-order valence-electron chi connectivity index (χ1n) is 5.52. The largest absolute Gasteiger partial charge is 0.497 e. The molecule has 0 spiro atoms. The van der Waals surface area contributed by atoms with Crippen LogP contribution in [0.5, 0.6) is 5.75 Å². The molecule has 2 heterocycles. The summed E-state index contributed by atoms with van der Waals surface area (Å²) in [5, 5.41) is 1.14. The summed E-state index contributed by atoms with van der Waals surface area (Å²) in [6.07, 6.45) is 0. The molecule has 0 saturated carbocycles. The van der Waals surface area contributed by atoms with E-state index < -0.39 is 0 Å². The summed E-state index contributed by atoms with van der Waals surface area (Å²) in [4.78, 5) is 4.36. The van der Waals surface area contributed by atoms with Gasteiger partial charge in [0.2, 0.25) is 0 Å². The molecule has 18 heavy (non-hydrogen) atoms. The number of ether oxygens (including phenoxy) is 1. The zero-order valence-electron chi connectivity index (χ0n) is 10.0. The minimum atomic E-state index is 0. The highest BCUT2D eigenvalue weighted by molar-refractivity contribution is 6.02. The van der Waals surface area contributed by atoms with Gasteiger partial charge in [0.25, 0.3) is 0 Å². The lowest BCUT2D eigenvalue weighted by molar-refractivity contribution is 0.415. The van der Waals surface area contributed by atoms with Crippen LogP contribution in [0.1, 0.15) is 5.69 Å². The third-order valence-electron chi connectivity index (χ3n) is 3.08. The Labute approximate surface area is 111 Å². The van der Waals surface area contributed by atoms with Gasteiger partial charge < -0.3 is 14.7 Å². The molecule has 6 heteroatoms. The third-order valence-corrected chi connectivity index (χ3v) is 3.08. The van der Waals surface area contributed by atoms with Crippen LogP contribution >= 0.6 is 12.4 Å². The summed E-state index contributed by atoms with van der Waals surface area (Å²) in [6.45, 7) is 1.64. The first-order chi connectivity index (χ1) is 8.33. The molecular weight excluding hydrogens is 252 g/mol. The molecule has 0 fully saturated rings. The van der Waals surface area contributed by atoms with Gasteiger partial charge in [-0.15, -0.1) is 12.4 Å². The molecule has 1 aliphatic heterocycles. The Morgan fingerprint density at radius 2 is 2.22 bits per heavy atom. The standard InChI is InChI=1S/C12H14N4O.ClH/c1-17-9-2-3-10-8(6-9)7-11-12(15-13)14-4-5-16(10)11;/h2-3,6-7H,4-5,13H2,1H3,(H,14,15);1H. The number of hydrogen-bond donors (Lipinski definition) is 2. The molecule has 0 radical (unpaired) electrons. The normalized spacial score (nSPS) is 13.6. The predicted octanol–water partition coefficient (Wildman–Crippen LogP) is 1.30. The highest BCUT2D eigenvalue weighted by Gasteiger charge is 2.16. The van der Waals surface area contributed by atoms with Gasteiger partial charge in [0, 0.05) is 17.4 Å². The minimum Gasteiger partial charge on any atom is -0.497 e. The van der Waals surface area contributed by atoms with E-state index in [0.29, 0.717) is 0 Å². The molecule has 1 aromatic heterocycles. The van der Waals surface area contributed by atoms with Crippen molar-refractivity contribution in [3.8, 4) is 5.75 Å². The second-order valence-electron chi connectivity index (χ2n) is 3.98. The fraction of sp³-hybridized carbons (Fsp3) is 0.250. The number of fused-ring (bicyclic) bond motifs is 3. The molecule has 1 aliphatic rings. The average molecular weight is 267 g/mol. The second-order valence-corrected chi connectivity index (χ2v) is 3.98. The Kier molecular flexibility index (Phi) is 3.45. The molecule has 0 atom stereocenters. The summed E-state index contributed by atoms with van der Waals surface area (Å²) in [5.41, 5.74) is 4.86. The first-order valence-corrected chi connectivity index (χ1v) is 5.52. The van der Waals surface area contributed by atoms with Crippen molar-refractivity contribution < 1.29 is 4.74 Å². The van der Waals surface area contributed by atoms with Gasteiger partial charge in [-0.25, -0.2) is 5.84 Å². The lowest BCUT2D eigenvalue weighted by atomic mass is 10.2. The highest BCUT2D eigenvalue weighted by atomic mass is 35.5. The number of hydrazine groups is 1. The topological polar surface area (TPSA) is 64.6 Å². The van der Waals surface area contributed by atoms with Crippen molar-refractivity contribution in [3.05, 3.63) is 30.0 Å². The van der Waals surface area contributed by atoms with Gasteiger partial charge in [-0.2, -0.15) is 0 Å². The van der Waals surface area contributed by atoms with Crippen molar-refractivity contribution in [3.63, 3.8) is 0 Å². The van der Waals surface area contributed by atoms with Crippen molar-refractivity contribution in [1.29, 1.82) is 0 Å². The summed E-state index contributed by atoms with van der Waals surface area (Å²) < 4.78 is 7.45. The van der Waals surface area contributed by atoms with Gasteiger partial charge in [-0.1, -0.05) is 0 Å². The van der Waals surface area contributed by atoms with E-state index in [1.807, 2.05) is 12.1 Å². The molecule has 0 unspecified atom stereocenters. The predicted molar refractivity (Wildman–Crippen MR) is 74.5 cm³/mol. The van der Waals surface area contributed by atoms with Gasteiger partial charge in [0.15, 0.2) is 5.84 Å². The Balaban J connectivity index is 0.00000120. The van der Waals surface area contributed by atoms with Crippen molar-refractivity contribution >= 4 is 29.1 Å². The van der Waals surface area contributed by atoms with Crippen molar-refractivity contribution in [2.45, 2.75) is 6.54 Å². The Morgan fingerprint density at radius 1 is 1.39 bits per heavy atom. The smallest absolute Gasteiger partial charge is 0.159 e. The van der Waals surface area contributed by atoms with Crippen molar-refractivity contribution in [1.82, 2.24) is 9.99 Å². The van der Waals surface area contributed by atoms with Crippen LogP contribution in [-0.2, 0) is 6.54 Å². The molecular formula is C12H15ClN4O. The molecule has 3 rings (SSSR count). The highest BCUT2D eigenvalue weighted by Crippen LogP contribution is 2.25. The molecule has 2 aromatic rings. The molecule has 0 bridgehead atoms. The number of aromatic nitrogens is 1. The lowest BCUT2D eigenvalue weighted by Crippen LogP contribution is -2.35. The van der Waals surface area contributed by atoms with Crippen LogP contribution < -0.4 is 16.0 Å². The van der Waals surface area contributed by atoms with Crippen LogP contribution in [-0.4, -0.2) is 24.1 Å². The van der Waals surface area contributed by atoms with Crippen molar-refractivity contribution in [2.24, 2.45) is 10.8 Å². The van der Waals surface area contributed by atoms with E-state index in [4.69, 9.17) is 10.6 Å². The van der Waals surface area contributed by atoms with E-state index in [2.05, 4.69) is 27.1 Å². The maximum atomic E-state index is 5.48. The van der Waals surface area contributed by atoms with Crippen LogP contribution in [0.15, 0.2) is 29.3 Å². The number of methoxy groups -OCH3 is 1. The van der Waals surface area contributed by atoms with Gasteiger partial charge in [-0.05, 0) is 24.3 Å². The van der Waals surface area contributed by atoms with Crippen LogP contribution in [0.3, 0.4) is 0 Å². The van der Waals surface area contributed by atoms with Gasteiger partial charge in [0.1, 0.15) is 5.75 Å². The number of halogens is 1. The molecule has 0 amide bonds. The molecule has 0 aliphatic carbocycles. The summed E-state index contributed by atoms with van der Waals surface area (Å²) >= 11 is 0. The van der Waals surface area contributed by atoms with E-state index >= 15 is 0 Å². The number of nitrogens with zero attached hydrogens (tertiary/aromatic N) is 2. The van der Waals surface area contributed by atoms with Crippen molar-refractivity contribution in [2.75, 3.05) is 13.7 Å². The number of benzene rings is 1. The Hall–Kier alpha value is -1.72. The average Bonchev–Trinajstić information content (AvgIpc) is 2.75. The van der Waals surface area contributed by atoms with Crippen LogP contribution in [0.25, 0.3) is 10.9 Å². The number of hydrogen-bond acceptors (Lipinski definition) is 4. The van der Waals surface area contributed by atoms with Crippen LogP contribution in [0.2, 0.25) is 0 Å². The zero-order valence-corrected chi connectivity index (χ0v) is 10.8. The number of nitrogens with one attached hydrogen (secondary N) is 1. The fourth-order valence-corrected chi connectivity index (χ4v) is 2.28. The first kappa shape index (κ1) is 12.7. The van der Waals surface area contributed by atoms with Gasteiger partial charge in [-0.3, -0.25) is 4.99 Å². The zero-order chi connectivity index (χ0) is 11.8. The van der Waals surface area contributed by atoms with E-state index in [1.165, 1.54) is 5.52 Å². The summed E-state index contributed by atoms with van der Waals surface area (Å²) in [5.74, 6) is 7.08. The van der Waals surface area contributed by atoms with E-state index in [1.54, 1.807) is 7.11 Å². The van der Waals surface area contributed by atoms with Gasteiger partial charge >= 0.3 is 0 Å². The summed E-state index contributed by atoms with van der Waals surface area (Å²) in [7, 11) is 1.67. The number of amidine groups is 1. The Morgan fingerprint density at radius 3 is 2.94 bits per heavy atom. The maximum absolute atomic E-state index is 5.48. The monoisotopic (exact) mass is 266 g/mol. The number of nitrogens with two attached hydrogens (primary N) is 1. The second kappa shape index (κ2) is 4.88. The summed E-state index contributed by atoms with van der Waals surface area (Å²) in [6, 6.07) is 8.14. The van der Waals surface area contributed by atoms with Crippen LogP contribution in [0.4, 0.5) is 0 Å². The minimum absolute atomic E-state index is 0. The van der Waals surface area contributed by atoms with Gasteiger partial charge in [0.05, 0.1) is 19.3 Å². The molecule has 1 aromatic carbocycles. The molecule has 5 nitrogen and oxygen atoms in total. The molecule has 96 valence electrons. The van der Waals surface area contributed by atoms with Crippen LogP contribution in [0, 0.1) is 0 Å². The molecule has 3 N–H and O–H groups in total. The third kappa shape index (κ3) is 1.81. The molecule has 0 saturated heterocycles. The lowest BCUT2D eigenvalue weighted by Gasteiger charge is -2.16. The Bertz CT molecular complexity index is 605. The van der Waals surface area contributed by atoms with E-state index in [-0.39, 0.29) is 12.4 Å². The van der Waals surface area contributed by atoms with E-state index in [0.717, 1.165) is 35.8 Å². The number of rotatable bonds is 1.